The highest BCUT2D eigenvalue weighted by molar-refractivity contribution is 6.30. The van der Waals surface area contributed by atoms with Crippen LogP contribution >= 0.6 is 11.6 Å². The number of carboxylic acid groups (broad SMARTS) is 1. The Morgan fingerprint density at radius 3 is 2.52 bits per heavy atom. The van der Waals surface area contributed by atoms with E-state index in [4.69, 9.17) is 21.4 Å². The summed E-state index contributed by atoms with van der Waals surface area (Å²) in [7, 11) is 0. The molecule has 0 radical (unpaired) electrons. The van der Waals surface area contributed by atoms with Crippen LogP contribution in [0.5, 0.6) is 5.75 Å². The van der Waals surface area contributed by atoms with Crippen LogP contribution in [0.3, 0.4) is 0 Å². The van der Waals surface area contributed by atoms with Gasteiger partial charge in [0.15, 0.2) is 6.61 Å². The third kappa shape index (κ3) is 3.19. The molecule has 124 valence electrons. The molecule has 3 aliphatic carbocycles. The third-order valence-corrected chi connectivity index (χ3v) is 4.78. The summed E-state index contributed by atoms with van der Waals surface area (Å²) in [5, 5.41) is 14.2. The molecule has 0 heterocycles. The molecular weight excluding hydrogens is 327 g/mol. The molecule has 3 saturated carbocycles. The van der Waals surface area contributed by atoms with E-state index in [0.29, 0.717) is 19.3 Å². The molecule has 0 saturated heterocycles. The first kappa shape index (κ1) is 15.9. The second-order valence-corrected chi connectivity index (χ2v) is 6.66. The Kier molecular flexibility index (Phi) is 3.83. The summed E-state index contributed by atoms with van der Waals surface area (Å²) in [6.07, 6.45) is 1.58. The van der Waals surface area contributed by atoms with Crippen LogP contribution in [0, 0.1) is 5.82 Å². The maximum Gasteiger partial charge on any atom is 0.405 e. The molecule has 0 spiro atoms. The van der Waals surface area contributed by atoms with Gasteiger partial charge < -0.3 is 20.5 Å². The molecule has 0 atom stereocenters. The highest BCUT2D eigenvalue weighted by atomic mass is 35.5. The van der Waals surface area contributed by atoms with Crippen LogP contribution in [0.1, 0.15) is 25.7 Å². The van der Waals surface area contributed by atoms with E-state index in [2.05, 4.69) is 10.6 Å². The molecule has 6 nitrogen and oxygen atoms in total. The van der Waals surface area contributed by atoms with E-state index < -0.39 is 17.4 Å². The Labute approximate surface area is 137 Å². The Hall–Kier alpha value is -2.02. The number of amides is 2. The molecule has 4 rings (SSSR count). The number of ether oxygens (including phenoxy) is 1. The number of hydrogen-bond donors (Lipinski definition) is 3. The van der Waals surface area contributed by atoms with Gasteiger partial charge in [0, 0.05) is 17.1 Å². The van der Waals surface area contributed by atoms with Gasteiger partial charge >= 0.3 is 6.09 Å². The van der Waals surface area contributed by atoms with Crippen LogP contribution in [0.4, 0.5) is 9.18 Å². The zero-order valence-electron chi connectivity index (χ0n) is 12.2. The van der Waals surface area contributed by atoms with E-state index in [9.17, 15) is 14.0 Å². The predicted molar refractivity (Wildman–Crippen MR) is 80.1 cm³/mol. The Balaban J connectivity index is 1.49. The van der Waals surface area contributed by atoms with Crippen LogP contribution < -0.4 is 15.4 Å². The number of hydrogen-bond acceptors (Lipinski definition) is 3. The van der Waals surface area contributed by atoms with Crippen molar-refractivity contribution in [2.24, 2.45) is 0 Å². The van der Waals surface area contributed by atoms with Gasteiger partial charge in [-0.3, -0.25) is 4.79 Å². The maximum absolute atomic E-state index is 13.3. The third-order valence-electron chi connectivity index (χ3n) is 4.47. The fraction of sp³-hybridized carbons (Fsp3) is 0.467. The summed E-state index contributed by atoms with van der Waals surface area (Å²) in [6.45, 7) is -0.234. The van der Waals surface area contributed by atoms with Crippen molar-refractivity contribution in [1.29, 1.82) is 0 Å². The topological polar surface area (TPSA) is 87.7 Å². The van der Waals surface area contributed by atoms with Crippen molar-refractivity contribution in [2.45, 2.75) is 36.8 Å². The number of rotatable bonds is 5. The van der Waals surface area contributed by atoms with Gasteiger partial charge in [-0.1, -0.05) is 11.6 Å². The van der Waals surface area contributed by atoms with Crippen LogP contribution in [0.25, 0.3) is 0 Å². The molecule has 2 amide bonds. The Bertz CT molecular complexity index is 661. The molecule has 1 aromatic carbocycles. The summed E-state index contributed by atoms with van der Waals surface area (Å²) in [5.74, 6) is -0.699. The average molecular weight is 343 g/mol. The molecule has 3 aliphatic rings. The summed E-state index contributed by atoms with van der Waals surface area (Å²) >= 11 is 5.57. The quantitative estimate of drug-likeness (QED) is 0.766. The molecule has 0 unspecified atom stereocenters. The minimum atomic E-state index is -1.04. The van der Waals surface area contributed by atoms with E-state index in [0.717, 1.165) is 12.5 Å². The monoisotopic (exact) mass is 342 g/mol. The molecule has 1 aromatic rings. The number of benzene rings is 1. The van der Waals surface area contributed by atoms with E-state index in [-0.39, 0.29) is 28.8 Å². The lowest BCUT2D eigenvalue weighted by atomic mass is 9.71. The van der Waals surface area contributed by atoms with Crippen LogP contribution in [0.15, 0.2) is 18.2 Å². The van der Waals surface area contributed by atoms with E-state index in [1.165, 1.54) is 12.1 Å². The fourth-order valence-electron chi connectivity index (χ4n) is 3.65. The van der Waals surface area contributed by atoms with Gasteiger partial charge in [-0.05, 0) is 37.8 Å². The Morgan fingerprint density at radius 1 is 1.26 bits per heavy atom. The van der Waals surface area contributed by atoms with Crippen molar-refractivity contribution in [2.75, 3.05) is 6.61 Å². The predicted octanol–water partition coefficient (Wildman–Crippen LogP) is 2.31. The lowest BCUT2D eigenvalue weighted by molar-refractivity contribution is -0.126. The lowest BCUT2D eigenvalue weighted by Crippen LogP contribution is -2.64. The van der Waals surface area contributed by atoms with Crippen molar-refractivity contribution in [3.63, 3.8) is 0 Å². The van der Waals surface area contributed by atoms with Gasteiger partial charge in [0.1, 0.15) is 11.6 Å². The van der Waals surface area contributed by atoms with Gasteiger partial charge in [-0.2, -0.15) is 0 Å². The first-order chi connectivity index (χ1) is 10.8. The normalized spacial score (nSPS) is 27.9. The van der Waals surface area contributed by atoms with Crippen LogP contribution in [-0.2, 0) is 4.79 Å². The zero-order chi connectivity index (χ0) is 16.7. The summed E-state index contributed by atoms with van der Waals surface area (Å²) < 4.78 is 18.5. The standard InChI is InChI=1S/C15H16ClFN2O4/c16-10-2-1-9(5-11(10)17)23-6-12(20)18-14-3-4-15(7-14,8-14)19-13(21)22/h1-2,5,19H,3-4,6-8H2,(H,18,20)(H,21,22). The second kappa shape index (κ2) is 5.56. The van der Waals surface area contributed by atoms with Gasteiger partial charge in [0.2, 0.25) is 0 Å². The summed E-state index contributed by atoms with van der Waals surface area (Å²) in [6, 6.07) is 3.96. The molecule has 0 aromatic heterocycles. The highest BCUT2D eigenvalue weighted by Crippen LogP contribution is 2.54. The van der Waals surface area contributed by atoms with Gasteiger partial charge in [0.25, 0.3) is 5.91 Å². The number of nitrogens with one attached hydrogen (secondary N) is 2. The maximum atomic E-state index is 13.3. The molecule has 3 fully saturated rings. The van der Waals surface area contributed by atoms with E-state index in [1.54, 1.807) is 0 Å². The number of carbonyl (C=O) groups is 2. The smallest absolute Gasteiger partial charge is 0.405 e. The van der Waals surface area contributed by atoms with Crippen molar-refractivity contribution in [3.05, 3.63) is 29.0 Å². The average Bonchev–Trinajstić information content (AvgIpc) is 2.94. The minimum Gasteiger partial charge on any atom is -0.484 e. The lowest BCUT2D eigenvalue weighted by Gasteiger charge is -2.47. The first-order valence-electron chi connectivity index (χ1n) is 7.22. The highest BCUT2D eigenvalue weighted by Gasteiger charge is 2.62. The van der Waals surface area contributed by atoms with Gasteiger partial charge in [-0.25, -0.2) is 9.18 Å². The van der Waals surface area contributed by atoms with E-state index >= 15 is 0 Å². The van der Waals surface area contributed by atoms with Gasteiger partial charge in [-0.15, -0.1) is 0 Å². The number of halogens is 2. The molecule has 3 N–H and O–H groups in total. The number of carbonyl (C=O) groups excluding carboxylic acids is 1. The van der Waals surface area contributed by atoms with Gasteiger partial charge in [0.05, 0.1) is 5.02 Å². The molecular formula is C15H16ClFN2O4. The van der Waals surface area contributed by atoms with Crippen molar-refractivity contribution in [3.8, 4) is 5.75 Å². The summed E-state index contributed by atoms with van der Waals surface area (Å²) in [4.78, 5) is 22.8. The van der Waals surface area contributed by atoms with Crippen molar-refractivity contribution >= 4 is 23.6 Å². The van der Waals surface area contributed by atoms with Crippen molar-refractivity contribution < 1.29 is 23.8 Å². The minimum absolute atomic E-state index is 0.0108. The Morgan fingerprint density at radius 2 is 1.91 bits per heavy atom. The molecule has 23 heavy (non-hydrogen) atoms. The molecule has 8 heteroatoms. The largest absolute Gasteiger partial charge is 0.484 e. The molecule has 2 bridgehead atoms. The fourth-order valence-corrected chi connectivity index (χ4v) is 3.77. The molecule has 0 aliphatic heterocycles. The second-order valence-electron chi connectivity index (χ2n) is 6.26. The SMILES string of the molecule is O=C(O)NC12CCC(NC(=O)COc3ccc(Cl)c(F)c3)(C1)C2. The van der Waals surface area contributed by atoms with E-state index in [1.807, 2.05) is 0 Å². The summed E-state index contributed by atoms with van der Waals surface area (Å²) in [5.41, 5.74) is -0.757. The van der Waals surface area contributed by atoms with Crippen molar-refractivity contribution in [1.82, 2.24) is 10.6 Å². The number of fused-ring (bicyclic) bond motifs is 1. The first-order valence-corrected chi connectivity index (χ1v) is 7.59. The zero-order valence-corrected chi connectivity index (χ0v) is 13.0. The van der Waals surface area contributed by atoms with Crippen LogP contribution in [0.2, 0.25) is 5.02 Å². The van der Waals surface area contributed by atoms with Crippen LogP contribution in [-0.4, -0.2) is 34.8 Å².